The van der Waals surface area contributed by atoms with Gasteiger partial charge in [0.2, 0.25) is 5.91 Å². The van der Waals surface area contributed by atoms with Crippen molar-refractivity contribution in [1.82, 2.24) is 5.32 Å². The molecule has 3 nitrogen and oxygen atoms in total. The molecule has 2 saturated carbocycles. The first-order valence-electron chi connectivity index (χ1n) is 8.17. The fourth-order valence-electron chi connectivity index (χ4n) is 3.87. The van der Waals surface area contributed by atoms with Crippen LogP contribution in [-0.4, -0.2) is 18.5 Å². The van der Waals surface area contributed by atoms with E-state index in [0.29, 0.717) is 17.8 Å². The topological polar surface area (TPSA) is 55.1 Å². The van der Waals surface area contributed by atoms with Gasteiger partial charge in [-0.1, -0.05) is 32.6 Å². The van der Waals surface area contributed by atoms with Crippen molar-refractivity contribution in [3.63, 3.8) is 0 Å². The third kappa shape index (κ3) is 3.95. The van der Waals surface area contributed by atoms with Crippen LogP contribution in [0.25, 0.3) is 0 Å². The van der Waals surface area contributed by atoms with Gasteiger partial charge in [-0.2, -0.15) is 0 Å². The minimum absolute atomic E-state index is 0.224. The lowest BCUT2D eigenvalue weighted by Gasteiger charge is -2.30. The van der Waals surface area contributed by atoms with Crippen LogP contribution in [0.5, 0.6) is 0 Å². The first-order chi connectivity index (χ1) is 9.15. The van der Waals surface area contributed by atoms with Crippen molar-refractivity contribution in [2.75, 3.05) is 6.54 Å². The lowest BCUT2D eigenvalue weighted by Crippen LogP contribution is -2.40. The van der Waals surface area contributed by atoms with Crippen LogP contribution in [0.2, 0.25) is 0 Å². The van der Waals surface area contributed by atoms with Crippen LogP contribution in [-0.2, 0) is 4.79 Å². The molecule has 1 amide bonds. The highest BCUT2D eigenvalue weighted by molar-refractivity contribution is 5.76. The monoisotopic (exact) mass is 266 g/mol. The Labute approximate surface area is 117 Å². The number of rotatable bonds is 5. The smallest absolute Gasteiger partial charge is 0.220 e. The van der Waals surface area contributed by atoms with Gasteiger partial charge in [0, 0.05) is 19.0 Å². The van der Waals surface area contributed by atoms with Crippen LogP contribution in [0.4, 0.5) is 0 Å². The van der Waals surface area contributed by atoms with E-state index in [0.717, 1.165) is 19.4 Å². The lowest BCUT2D eigenvalue weighted by molar-refractivity contribution is -0.122. The van der Waals surface area contributed by atoms with Crippen LogP contribution in [0.3, 0.4) is 0 Å². The molecule has 0 aliphatic heterocycles. The number of hydrogen-bond acceptors (Lipinski definition) is 2. The van der Waals surface area contributed by atoms with E-state index in [1.807, 2.05) is 0 Å². The Morgan fingerprint density at radius 1 is 1.21 bits per heavy atom. The van der Waals surface area contributed by atoms with Gasteiger partial charge in [-0.25, -0.2) is 0 Å². The first kappa shape index (κ1) is 14.8. The average Bonchev–Trinajstić information content (AvgIpc) is 2.89. The zero-order valence-corrected chi connectivity index (χ0v) is 12.4. The second-order valence-corrected chi connectivity index (χ2v) is 6.75. The summed E-state index contributed by atoms with van der Waals surface area (Å²) in [6, 6.07) is 0.242. The van der Waals surface area contributed by atoms with Gasteiger partial charge in [-0.15, -0.1) is 0 Å². The van der Waals surface area contributed by atoms with Crippen LogP contribution in [0, 0.1) is 11.3 Å². The van der Waals surface area contributed by atoms with E-state index in [1.165, 1.54) is 44.9 Å². The molecular weight excluding hydrogens is 236 g/mol. The first-order valence-corrected chi connectivity index (χ1v) is 8.17. The van der Waals surface area contributed by atoms with E-state index in [-0.39, 0.29) is 11.9 Å². The normalized spacial score (nSPS) is 30.2. The number of carbonyl (C=O) groups excluding carboxylic acids is 1. The molecule has 3 heteroatoms. The fraction of sp³-hybridized carbons (Fsp3) is 0.938. The maximum absolute atomic E-state index is 12.1. The second-order valence-electron chi connectivity index (χ2n) is 6.75. The highest BCUT2D eigenvalue weighted by Gasteiger charge is 2.32. The molecule has 3 N–H and O–H groups in total. The summed E-state index contributed by atoms with van der Waals surface area (Å²) in [5, 5.41) is 3.19. The van der Waals surface area contributed by atoms with Gasteiger partial charge in [-0.3, -0.25) is 4.79 Å². The SMILES string of the molecule is CCC1(CNC(=O)CC2CCCCC2N)CCCC1. The van der Waals surface area contributed by atoms with Crippen molar-refractivity contribution >= 4 is 5.91 Å². The van der Waals surface area contributed by atoms with E-state index >= 15 is 0 Å². The van der Waals surface area contributed by atoms with Crippen LogP contribution >= 0.6 is 0 Å². The zero-order valence-electron chi connectivity index (χ0n) is 12.4. The van der Waals surface area contributed by atoms with Crippen molar-refractivity contribution in [2.24, 2.45) is 17.1 Å². The predicted octanol–water partition coefficient (Wildman–Crippen LogP) is 2.98. The minimum Gasteiger partial charge on any atom is -0.356 e. The van der Waals surface area contributed by atoms with E-state index in [9.17, 15) is 4.79 Å². The highest BCUT2D eigenvalue weighted by Crippen LogP contribution is 2.40. The van der Waals surface area contributed by atoms with Gasteiger partial charge >= 0.3 is 0 Å². The van der Waals surface area contributed by atoms with Crippen molar-refractivity contribution in [3.8, 4) is 0 Å². The Balaban J connectivity index is 1.74. The molecule has 2 aliphatic carbocycles. The Morgan fingerprint density at radius 3 is 2.53 bits per heavy atom. The Bertz CT molecular complexity index is 297. The summed E-state index contributed by atoms with van der Waals surface area (Å²) in [4.78, 5) is 12.1. The molecule has 110 valence electrons. The molecule has 2 atom stereocenters. The second kappa shape index (κ2) is 6.74. The minimum atomic E-state index is 0.224. The van der Waals surface area contributed by atoms with Gasteiger partial charge < -0.3 is 11.1 Å². The van der Waals surface area contributed by atoms with Crippen LogP contribution in [0.1, 0.15) is 71.1 Å². The summed E-state index contributed by atoms with van der Waals surface area (Å²) < 4.78 is 0. The number of amides is 1. The Kier molecular flexibility index (Phi) is 5.26. The number of carbonyl (C=O) groups is 1. The van der Waals surface area contributed by atoms with Gasteiger partial charge in [0.15, 0.2) is 0 Å². The third-order valence-corrected chi connectivity index (χ3v) is 5.49. The number of nitrogens with one attached hydrogen (secondary N) is 1. The molecular formula is C16H30N2O. The quantitative estimate of drug-likeness (QED) is 0.803. The van der Waals surface area contributed by atoms with Gasteiger partial charge in [0.1, 0.15) is 0 Å². The summed E-state index contributed by atoms with van der Waals surface area (Å²) in [5.41, 5.74) is 6.51. The lowest BCUT2D eigenvalue weighted by atomic mass is 9.82. The van der Waals surface area contributed by atoms with E-state index in [2.05, 4.69) is 12.2 Å². The van der Waals surface area contributed by atoms with Gasteiger partial charge in [0.25, 0.3) is 0 Å². The van der Waals surface area contributed by atoms with E-state index < -0.39 is 0 Å². The van der Waals surface area contributed by atoms with Crippen molar-refractivity contribution in [1.29, 1.82) is 0 Å². The van der Waals surface area contributed by atoms with Crippen molar-refractivity contribution < 1.29 is 4.79 Å². The molecule has 0 bridgehead atoms. The molecule has 0 spiro atoms. The van der Waals surface area contributed by atoms with Crippen molar-refractivity contribution in [3.05, 3.63) is 0 Å². The fourth-order valence-corrected chi connectivity index (χ4v) is 3.87. The summed E-state index contributed by atoms with van der Waals surface area (Å²) >= 11 is 0. The van der Waals surface area contributed by atoms with Gasteiger partial charge in [0.05, 0.1) is 0 Å². The molecule has 2 rings (SSSR count). The summed E-state index contributed by atoms with van der Waals surface area (Å²) in [5.74, 6) is 0.636. The van der Waals surface area contributed by atoms with Gasteiger partial charge in [-0.05, 0) is 43.4 Å². The van der Waals surface area contributed by atoms with Crippen LogP contribution in [0.15, 0.2) is 0 Å². The number of nitrogens with two attached hydrogens (primary N) is 1. The molecule has 2 aliphatic rings. The maximum atomic E-state index is 12.1. The summed E-state index contributed by atoms with van der Waals surface area (Å²) in [6.07, 6.45) is 11.8. The molecule has 0 saturated heterocycles. The highest BCUT2D eigenvalue weighted by atomic mass is 16.1. The average molecular weight is 266 g/mol. The summed E-state index contributed by atoms with van der Waals surface area (Å²) in [7, 11) is 0. The molecule has 0 aromatic rings. The predicted molar refractivity (Wildman–Crippen MR) is 78.8 cm³/mol. The standard InChI is InChI=1S/C16H30N2O/c1-2-16(9-5-6-10-16)12-18-15(19)11-13-7-3-4-8-14(13)17/h13-14H,2-12,17H2,1H3,(H,18,19). The summed E-state index contributed by atoms with van der Waals surface area (Å²) in [6.45, 7) is 3.14. The largest absolute Gasteiger partial charge is 0.356 e. The zero-order chi connectivity index (χ0) is 13.7. The molecule has 0 aromatic carbocycles. The molecule has 0 heterocycles. The van der Waals surface area contributed by atoms with E-state index in [1.54, 1.807) is 0 Å². The Morgan fingerprint density at radius 2 is 1.89 bits per heavy atom. The molecule has 2 fully saturated rings. The maximum Gasteiger partial charge on any atom is 0.220 e. The third-order valence-electron chi connectivity index (χ3n) is 5.49. The van der Waals surface area contributed by atoms with Crippen molar-refractivity contribution in [2.45, 2.75) is 77.2 Å². The van der Waals surface area contributed by atoms with Crippen LogP contribution < -0.4 is 11.1 Å². The molecule has 2 unspecified atom stereocenters. The number of hydrogen-bond donors (Lipinski definition) is 2. The molecule has 0 radical (unpaired) electrons. The molecule has 19 heavy (non-hydrogen) atoms. The molecule has 0 aromatic heterocycles. The van der Waals surface area contributed by atoms with E-state index in [4.69, 9.17) is 5.73 Å². The Hall–Kier alpha value is -0.570.